The van der Waals surface area contributed by atoms with Crippen LogP contribution in [0.1, 0.15) is 31.4 Å². The second kappa shape index (κ2) is 6.72. The van der Waals surface area contributed by atoms with E-state index in [1.165, 1.54) is 6.42 Å². The Labute approximate surface area is 120 Å². The van der Waals surface area contributed by atoms with Crippen molar-refractivity contribution >= 4 is 11.7 Å². The van der Waals surface area contributed by atoms with E-state index in [2.05, 4.69) is 22.6 Å². The minimum Gasteiger partial charge on any atom is -0.389 e. The number of nitrogens with zero attached hydrogens (tertiary/aromatic N) is 1. The highest BCUT2D eigenvalue weighted by Gasteiger charge is 2.20. The molecule has 1 aliphatic rings. The van der Waals surface area contributed by atoms with E-state index in [9.17, 15) is 9.90 Å². The van der Waals surface area contributed by atoms with E-state index in [0.29, 0.717) is 12.6 Å². The summed E-state index contributed by atoms with van der Waals surface area (Å²) in [5.74, 6) is 0. The van der Waals surface area contributed by atoms with Crippen molar-refractivity contribution in [3.8, 4) is 0 Å². The zero-order valence-electron chi connectivity index (χ0n) is 12.1. The number of carbonyl (C=O) groups is 1. The number of aliphatic hydroxyl groups is 1. The molecule has 1 aromatic rings. The van der Waals surface area contributed by atoms with E-state index in [-0.39, 0.29) is 6.03 Å². The van der Waals surface area contributed by atoms with Gasteiger partial charge in [0, 0.05) is 18.3 Å². The van der Waals surface area contributed by atoms with Gasteiger partial charge in [-0.3, -0.25) is 0 Å². The third-order valence-electron chi connectivity index (χ3n) is 3.82. The fraction of sp³-hybridized carbons (Fsp3) is 0.533. The van der Waals surface area contributed by atoms with E-state index in [4.69, 9.17) is 0 Å². The monoisotopic (exact) mass is 277 g/mol. The molecule has 2 amide bonds. The maximum Gasteiger partial charge on any atom is 0.319 e. The van der Waals surface area contributed by atoms with Crippen molar-refractivity contribution in [2.75, 3.05) is 25.5 Å². The van der Waals surface area contributed by atoms with Crippen LogP contribution in [0.3, 0.4) is 0 Å². The summed E-state index contributed by atoms with van der Waals surface area (Å²) in [6, 6.07) is 7.47. The average Bonchev–Trinajstić information content (AvgIpc) is 2.82. The topological polar surface area (TPSA) is 64.6 Å². The van der Waals surface area contributed by atoms with E-state index < -0.39 is 6.10 Å². The van der Waals surface area contributed by atoms with Crippen LogP contribution in [0, 0.1) is 0 Å². The average molecular weight is 277 g/mol. The van der Waals surface area contributed by atoms with Gasteiger partial charge >= 0.3 is 6.03 Å². The van der Waals surface area contributed by atoms with Gasteiger partial charge in [0.05, 0.1) is 6.10 Å². The number of nitrogens with one attached hydrogen (secondary N) is 2. The van der Waals surface area contributed by atoms with Crippen LogP contribution in [0.5, 0.6) is 0 Å². The molecule has 1 aliphatic heterocycles. The number of anilines is 1. The molecule has 2 atom stereocenters. The van der Waals surface area contributed by atoms with Crippen molar-refractivity contribution in [3.63, 3.8) is 0 Å². The smallest absolute Gasteiger partial charge is 0.319 e. The Morgan fingerprint density at radius 3 is 2.70 bits per heavy atom. The number of aliphatic hydroxyl groups excluding tert-OH is 1. The second-order valence-corrected chi connectivity index (χ2v) is 5.41. The molecular weight excluding hydrogens is 254 g/mol. The molecule has 110 valence electrons. The third-order valence-corrected chi connectivity index (χ3v) is 3.82. The molecule has 2 unspecified atom stereocenters. The number of likely N-dealkylation sites (tertiary alicyclic amines) is 1. The van der Waals surface area contributed by atoms with Gasteiger partial charge in [-0.2, -0.15) is 0 Å². The highest BCUT2D eigenvalue weighted by atomic mass is 16.3. The molecule has 0 spiro atoms. The van der Waals surface area contributed by atoms with Crippen molar-refractivity contribution in [1.29, 1.82) is 0 Å². The number of urea groups is 1. The van der Waals surface area contributed by atoms with Gasteiger partial charge in [0.25, 0.3) is 0 Å². The van der Waals surface area contributed by atoms with Crippen molar-refractivity contribution < 1.29 is 9.90 Å². The van der Waals surface area contributed by atoms with Crippen LogP contribution in [0.4, 0.5) is 10.5 Å². The molecule has 2 rings (SSSR count). The first kappa shape index (κ1) is 14.8. The van der Waals surface area contributed by atoms with Crippen molar-refractivity contribution in [2.24, 2.45) is 0 Å². The molecule has 0 aromatic heterocycles. The quantitative estimate of drug-likeness (QED) is 0.788. The number of hydrogen-bond acceptors (Lipinski definition) is 3. The number of rotatable bonds is 4. The zero-order chi connectivity index (χ0) is 14.5. The lowest BCUT2D eigenvalue weighted by Crippen LogP contribution is -2.40. The molecule has 1 aromatic carbocycles. The van der Waals surface area contributed by atoms with E-state index in [1.54, 1.807) is 19.1 Å². The predicted molar refractivity (Wildman–Crippen MR) is 79.7 cm³/mol. The van der Waals surface area contributed by atoms with Gasteiger partial charge in [0.15, 0.2) is 0 Å². The molecule has 1 saturated heterocycles. The van der Waals surface area contributed by atoms with Crippen LogP contribution in [0.2, 0.25) is 0 Å². The maximum atomic E-state index is 11.8. The zero-order valence-corrected chi connectivity index (χ0v) is 12.1. The first-order valence-corrected chi connectivity index (χ1v) is 7.09. The van der Waals surface area contributed by atoms with Gasteiger partial charge in [-0.15, -0.1) is 0 Å². The van der Waals surface area contributed by atoms with Gasteiger partial charge in [-0.05, 0) is 51.1 Å². The minimum absolute atomic E-state index is 0.185. The highest BCUT2D eigenvalue weighted by molar-refractivity contribution is 5.89. The molecule has 1 heterocycles. The fourth-order valence-corrected chi connectivity index (χ4v) is 2.47. The Hall–Kier alpha value is -1.59. The Morgan fingerprint density at radius 2 is 2.15 bits per heavy atom. The van der Waals surface area contributed by atoms with Gasteiger partial charge in [-0.25, -0.2) is 4.79 Å². The van der Waals surface area contributed by atoms with Crippen LogP contribution >= 0.6 is 0 Å². The standard InChI is InChI=1S/C15H23N3O2/c1-11(19)12-5-7-13(8-6-12)17-15(20)16-10-14-4-3-9-18(14)2/h5-8,11,14,19H,3-4,9-10H2,1-2H3,(H2,16,17,20). The first-order chi connectivity index (χ1) is 9.56. The number of hydrogen-bond donors (Lipinski definition) is 3. The third kappa shape index (κ3) is 3.95. The normalized spacial score (nSPS) is 20.6. The van der Waals surface area contributed by atoms with Gasteiger partial charge in [0.1, 0.15) is 0 Å². The molecule has 1 fully saturated rings. The van der Waals surface area contributed by atoms with E-state index in [0.717, 1.165) is 24.2 Å². The van der Waals surface area contributed by atoms with Crippen LogP contribution in [0.15, 0.2) is 24.3 Å². The fourth-order valence-electron chi connectivity index (χ4n) is 2.47. The summed E-state index contributed by atoms with van der Waals surface area (Å²) < 4.78 is 0. The number of amides is 2. The predicted octanol–water partition coefficient (Wildman–Crippen LogP) is 1.96. The van der Waals surface area contributed by atoms with Gasteiger partial charge < -0.3 is 20.6 Å². The molecule has 20 heavy (non-hydrogen) atoms. The molecule has 5 heteroatoms. The summed E-state index contributed by atoms with van der Waals surface area (Å²) >= 11 is 0. The Morgan fingerprint density at radius 1 is 1.45 bits per heavy atom. The summed E-state index contributed by atoms with van der Waals surface area (Å²) in [5.41, 5.74) is 1.57. The maximum absolute atomic E-state index is 11.8. The Kier molecular flexibility index (Phi) is 4.98. The first-order valence-electron chi connectivity index (χ1n) is 7.09. The van der Waals surface area contributed by atoms with Crippen molar-refractivity contribution in [3.05, 3.63) is 29.8 Å². The Bertz CT molecular complexity index is 445. The molecule has 5 nitrogen and oxygen atoms in total. The van der Waals surface area contributed by atoms with Crippen LogP contribution in [-0.4, -0.2) is 42.2 Å². The Balaban J connectivity index is 1.79. The summed E-state index contributed by atoms with van der Waals surface area (Å²) in [6.45, 7) is 3.50. The lowest BCUT2D eigenvalue weighted by molar-refractivity contribution is 0.199. The number of carbonyl (C=O) groups excluding carboxylic acids is 1. The lowest BCUT2D eigenvalue weighted by atomic mass is 10.1. The van der Waals surface area contributed by atoms with E-state index in [1.807, 2.05) is 12.1 Å². The minimum atomic E-state index is -0.490. The molecule has 0 saturated carbocycles. The van der Waals surface area contributed by atoms with Gasteiger partial charge in [-0.1, -0.05) is 12.1 Å². The SMILES string of the molecule is CC(O)c1ccc(NC(=O)NCC2CCCN2C)cc1. The van der Waals surface area contributed by atoms with Gasteiger partial charge in [0.2, 0.25) is 0 Å². The summed E-state index contributed by atoms with van der Waals surface area (Å²) in [6.07, 6.45) is 1.85. The summed E-state index contributed by atoms with van der Waals surface area (Å²) in [5, 5.41) is 15.1. The van der Waals surface area contributed by atoms with Crippen molar-refractivity contribution in [1.82, 2.24) is 10.2 Å². The largest absolute Gasteiger partial charge is 0.389 e. The highest BCUT2D eigenvalue weighted by Crippen LogP contribution is 2.16. The second-order valence-electron chi connectivity index (χ2n) is 5.41. The summed E-state index contributed by atoms with van der Waals surface area (Å²) in [4.78, 5) is 14.1. The molecular formula is C15H23N3O2. The molecule has 0 aliphatic carbocycles. The molecule has 0 bridgehead atoms. The van der Waals surface area contributed by atoms with Crippen LogP contribution < -0.4 is 10.6 Å². The molecule has 0 radical (unpaired) electrons. The van der Waals surface area contributed by atoms with E-state index >= 15 is 0 Å². The molecule has 3 N–H and O–H groups in total. The van der Waals surface area contributed by atoms with Crippen LogP contribution in [-0.2, 0) is 0 Å². The van der Waals surface area contributed by atoms with Crippen molar-refractivity contribution in [2.45, 2.75) is 31.9 Å². The lowest BCUT2D eigenvalue weighted by Gasteiger charge is -2.19. The summed E-state index contributed by atoms with van der Waals surface area (Å²) in [7, 11) is 2.09. The van der Waals surface area contributed by atoms with Crippen LogP contribution in [0.25, 0.3) is 0 Å². The number of likely N-dealkylation sites (N-methyl/N-ethyl adjacent to an activating group) is 1. The number of benzene rings is 1.